The molecule has 0 spiro atoms. The van der Waals surface area contributed by atoms with Gasteiger partial charge < -0.3 is 0 Å². The van der Waals surface area contributed by atoms with Crippen molar-refractivity contribution in [3.05, 3.63) is 52.7 Å². The van der Waals surface area contributed by atoms with Crippen molar-refractivity contribution in [2.75, 3.05) is 0 Å². The summed E-state index contributed by atoms with van der Waals surface area (Å²) in [7, 11) is 0. The Labute approximate surface area is 73.4 Å². The van der Waals surface area contributed by atoms with Gasteiger partial charge in [-0.2, -0.15) is 0 Å². The molecule has 0 saturated carbocycles. The summed E-state index contributed by atoms with van der Waals surface area (Å²) in [6.45, 7) is 0. The first-order valence-corrected chi connectivity index (χ1v) is 3.80. The molecule has 2 rings (SSSR count). The maximum absolute atomic E-state index is 13.1. The van der Waals surface area contributed by atoms with Crippen LogP contribution in [0.2, 0.25) is 0 Å². The van der Waals surface area contributed by atoms with E-state index >= 15 is 0 Å². The van der Waals surface area contributed by atoms with Gasteiger partial charge in [-0.1, -0.05) is 12.1 Å². The Morgan fingerprint density at radius 1 is 1.23 bits per heavy atom. The van der Waals surface area contributed by atoms with Gasteiger partial charge in [-0.25, -0.2) is 4.39 Å². The SMILES string of the molecule is O=c1ccn(-c2ccccc2F)[nH]1. The number of halogens is 1. The summed E-state index contributed by atoms with van der Waals surface area (Å²) >= 11 is 0. The summed E-state index contributed by atoms with van der Waals surface area (Å²) in [4.78, 5) is 10.8. The van der Waals surface area contributed by atoms with E-state index in [-0.39, 0.29) is 11.4 Å². The van der Waals surface area contributed by atoms with Crippen molar-refractivity contribution in [3.63, 3.8) is 0 Å². The Morgan fingerprint density at radius 3 is 2.62 bits per heavy atom. The molecule has 66 valence electrons. The van der Waals surface area contributed by atoms with Crippen molar-refractivity contribution >= 4 is 0 Å². The van der Waals surface area contributed by atoms with Gasteiger partial charge in [0.05, 0.1) is 5.69 Å². The lowest BCUT2D eigenvalue weighted by Crippen LogP contribution is -2.04. The minimum atomic E-state index is -0.366. The molecule has 3 nitrogen and oxygen atoms in total. The number of benzene rings is 1. The molecule has 1 aromatic carbocycles. The number of hydrogen-bond donors (Lipinski definition) is 1. The third kappa shape index (κ3) is 1.38. The molecule has 13 heavy (non-hydrogen) atoms. The third-order valence-electron chi connectivity index (χ3n) is 1.72. The van der Waals surface area contributed by atoms with Crippen molar-refractivity contribution < 1.29 is 4.39 Å². The van der Waals surface area contributed by atoms with Gasteiger partial charge in [0.15, 0.2) is 0 Å². The molecule has 0 aliphatic carbocycles. The van der Waals surface area contributed by atoms with Crippen LogP contribution in [0, 0.1) is 5.82 Å². The Kier molecular flexibility index (Phi) is 1.73. The minimum absolute atomic E-state index is 0.247. The molecule has 0 amide bonds. The second-order valence-corrected chi connectivity index (χ2v) is 2.61. The molecule has 0 unspecified atom stereocenters. The molecule has 2 aromatic rings. The zero-order chi connectivity index (χ0) is 9.26. The summed E-state index contributed by atoms with van der Waals surface area (Å²) in [5.41, 5.74) is 0.0906. The van der Waals surface area contributed by atoms with Gasteiger partial charge in [0.1, 0.15) is 5.82 Å². The summed E-state index contributed by atoms with van der Waals surface area (Å²) in [6, 6.07) is 7.57. The molecule has 1 aromatic heterocycles. The molecule has 0 radical (unpaired) electrons. The molecule has 0 atom stereocenters. The van der Waals surface area contributed by atoms with Gasteiger partial charge in [-0.15, -0.1) is 0 Å². The van der Waals surface area contributed by atoms with Gasteiger partial charge in [0.2, 0.25) is 0 Å². The summed E-state index contributed by atoms with van der Waals surface area (Å²) in [5.74, 6) is -0.366. The van der Waals surface area contributed by atoms with E-state index in [4.69, 9.17) is 0 Å². The van der Waals surface area contributed by atoms with E-state index in [0.29, 0.717) is 5.69 Å². The van der Waals surface area contributed by atoms with Gasteiger partial charge in [-0.3, -0.25) is 14.6 Å². The fraction of sp³-hybridized carbons (Fsp3) is 0. The Bertz CT molecular complexity index is 472. The van der Waals surface area contributed by atoms with Crippen molar-refractivity contribution in [1.29, 1.82) is 0 Å². The maximum Gasteiger partial charge on any atom is 0.264 e. The fourth-order valence-electron chi connectivity index (χ4n) is 1.12. The van der Waals surface area contributed by atoms with Crippen LogP contribution in [0.3, 0.4) is 0 Å². The Morgan fingerprint density at radius 2 is 2.00 bits per heavy atom. The lowest BCUT2D eigenvalue weighted by molar-refractivity contribution is 0.610. The predicted octanol–water partition coefficient (Wildman–Crippen LogP) is 1.30. The average Bonchev–Trinajstić information content (AvgIpc) is 2.53. The number of nitrogens with one attached hydrogen (secondary N) is 1. The molecule has 0 fully saturated rings. The highest BCUT2D eigenvalue weighted by Crippen LogP contribution is 2.09. The number of rotatable bonds is 1. The normalized spacial score (nSPS) is 10.2. The molecular formula is C9H7FN2O. The van der Waals surface area contributed by atoms with Crippen LogP contribution in [0.1, 0.15) is 0 Å². The zero-order valence-electron chi connectivity index (χ0n) is 6.70. The first kappa shape index (κ1) is 7.79. The lowest BCUT2D eigenvalue weighted by Gasteiger charge is -2.01. The van der Waals surface area contributed by atoms with Crippen LogP contribution in [0.4, 0.5) is 4.39 Å². The van der Waals surface area contributed by atoms with Crippen molar-refractivity contribution in [1.82, 2.24) is 9.78 Å². The number of hydrogen-bond acceptors (Lipinski definition) is 1. The minimum Gasteiger partial charge on any atom is -0.268 e. The van der Waals surface area contributed by atoms with Gasteiger partial charge in [0, 0.05) is 12.3 Å². The molecule has 0 saturated heterocycles. The molecule has 0 bridgehead atoms. The van der Waals surface area contributed by atoms with Crippen LogP contribution >= 0.6 is 0 Å². The quantitative estimate of drug-likeness (QED) is 0.702. The highest BCUT2D eigenvalue weighted by molar-refractivity contribution is 5.31. The van der Waals surface area contributed by atoms with Gasteiger partial charge in [-0.05, 0) is 12.1 Å². The number of para-hydroxylation sites is 1. The molecule has 0 aliphatic heterocycles. The molecular weight excluding hydrogens is 171 g/mol. The Hall–Kier alpha value is -1.84. The summed E-state index contributed by atoms with van der Waals surface area (Å²) in [6.07, 6.45) is 1.49. The largest absolute Gasteiger partial charge is 0.268 e. The van der Waals surface area contributed by atoms with E-state index in [0.717, 1.165) is 0 Å². The van der Waals surface area contributed by atoms with E-state index in [1.807, 2.05) is 0 Å². The molecule has 1 heterocycles. The van der Waals surface area contributed by atoms with Crippen LogP contribution in [-0.4, -0.2) is 9.78 Å². The average molecular weight is 178 g/mol. The first-order chi connectivity index (χ1) is 6.27. The topological polar surface area (TPSA) is 37.8 Å². The number of aromatic amines is 1. The second kappa shape index (κ2) is 2.90. The number of H-pyrrole nitrogens is 1. The zero-order valence-corrected chi connectivity index (χ0v) is 6.70. The van der Waals surface area contributed by atoms with Crippen LogP contribution in [0.15, 0.2) is 41.3 Å². The smallest absolute Gasteiger partial charge is 0.264 e. The first-order valence-electron chi connectivity index (χ1n) is 3.80. The summed E-state index contributed by atoms with van der Waals surface area (Å²) in [5, 5.41) is 2.45. The fourth-order valence-corrected chi connectivity index (χ4v) is 1.12. The van der Waals surface area contributed by atoms with E-state index in [2.05, 4.69) is 5.10 Å². The van der Waals surface area contributed by atoms with Crippen molar-refractivity contribution in [2.45, 2.75) is 0 Å². The second-order valence-electron chi connectivity index (χ2n) is 2.61. The highest BCUT2D eigenvalue weighted by Gasteiger charge is 2.01. The monoisotopic (exact) mass is 178 g/mol. The number of nitrogens with zero attached hydrogens (tertiary/aromatic N) is 1. The van der Waals surface area contributed by atoms with Crippen molar-refractivity contribution in [2.24, 2.45) is 0 Å². The van der Waals surface area contributed by atoms with E-state index in [1.165, 1.54) is 23.0 Å². The van der Waals surface area contributed by atoms with E-state index in [9.17, 15) is 9.18 Å². The Balaban J connectivity index is 2.58. The highest BCUT2D eigenvalue weighted by atomic mass is 19.1. The molecule has 0 aliphatic rings. The third-order valence-corrected chi connectivity index (χ3v) is 1.72. The predicted molar refractivity (Wildman–Crippen MR) is 46.3 cm³/mol. The molecule has 4 heteroatoms. The van der Waals surface area contributed by atoms with Crippen LogP contribution in [0.25, 0.3) is 5.69 Å². The van der Waals surface area contributed by atoms with Gasteiger partial charge >= 0.3 is 0 Å². The van der Waals surface area contributed by atoms with Crippen molar-refractivity contribution in [3.8, 4) is 5.69 Å². The summed E-state index contributed by atoms with van der Waals surface area (Å²) < 4.78 is 14.5. The maximum atomic E-state index is 13.1. The van der Waals surface area contributed by atoms with Crippen LogP contribution in [-0.2, 0) is 0 Å². The van der Waals surface area contributed by atoms with E-state index in [1.54, 1.807) is 18.2 Å². The van der Waals surface area contributed by atoms with E-state index < -0.39 is 0 Å². The molecule has 1 N–H and O–H groups in total. The van der Waals surface area contributed by atoms with Crippen LogP contribution < -0.4 is 5.56 Å². The van der Waals surface area contributed by atoms with Crippen LogP contribution in [0.5, 0.6) is 0 Å². The standard InChI is InChI=1S/C9H7FN2O/c10-7-3-1-2-4-8(7)12-6-5-9(13)11-12/h1-6H,(H,11,13). The lowest BCUT2D eigenvalue weighted by atomic mass is 10.3. The number of aromatic nitrogens is 2. The van der Waals surface area contributed by atoms with Gasteiger partial charge in [0.25, 0.3) is 5.56 Å².